The second-order valence-electron chi connectivity index (χ2n) is 4.46. The van der Waals surface area contributed by atoms with E-state index in [2.05, 4.69) is 5.32 Å². The van der Waals surface area contributed by atoms with Crippen molar-refractivity contribution in [1.82, 2.24) is 5.32 Å². The molecule has 1 N–H and O–H groups in total. The minimum absolute atomic E-state index is 0.188. The van der Waals surface area contributed by atoms with E-state index in [4.69, 9.17) is 0 Å². The highest BCUT2D eigenvalue weighted by Crippen LogP contribution is 2.31. The van der Waals surface area contributed by atoms with E-state index in [1.807, 2.05) is 0 Å². The van der Waals surface area contributed by atoms with Gasteiger partial charge in [0.1, 0.15) is 11.6 Å². The van der Waals surface area contributed by atoms with E-state index >= 15 is 0 Å². The predicted molar refractivity (Wildman–Crippen MR) is 67.2 cm³/mol. The topological polar surface area (TPSA) is 12.0 Å². The molecule has 92 valence electrons. The summed E-state index contributed by atoms with van der Waals surface area (Å²) in [6.07, 6.45) is 0.656. The second kappa shape index (κ2) is 4.50. The van der Waals surface area contributed by atoms with Crippen molar-refractivity contribution in [1.29, 1.82) is 0 Å². The van der Waals surface area contributed by atoms with Crippen molar-refractivity contribution in [2.45, 2.75) is 13.0 Å². The van der Waals surface area contributed by atoms with E-state index in [1.54, 1.807) is 24.3 Å². The number of benzene rings is 2. The Morgan fingerprint density at radius 2 is 1.67 bits per heavy atom. The Hall–Kier alpha value is -1.74. The zero-order valence-corrected chi connectivity index (χ0v) is 9.84. The molecule has 1 aliphatic heterocycles. The number of halogens is 2. The zero-order valence-electron chi connectivity index (χ0n) is 9.84. The summed E-state index contributed by atoms with van der Waals surface area (Å²) in [5.41, 5.74) is 2.93. The van der Waals surface area contributed by atoms with Gasteiger partial charge in [0.15, 0.2) is 0 Å². The summed E-state index contributed by atoms with van der Waals surface area (Å²) in [4.78, 5) is 0. The molecule has 1 nitrogen and oxygen atoms in total. The lowest BCUT2D eigenvalue weighted by Crippen LogP contribution is -2.25. The van der Waals surface area contributed by atoms with Crippen LogP contribution in [0.5, 0.6) is 0 Å². The minimum atomic E-state index is -0.267. The molecule has 0 saturated carbocycles. The minimum Gasteiger partial charge on any atom is -0.312 e. The third kappa shape index (κ3) is 1.81. The fourth-order valence-electron chi connectivity index (χ4n) is 2.50. The van der Waals surface area contributed by atoms with Gasteiger partial charge in [0.05, 0.1) is 0 Å². The Morgan fingerprint density at radius 1 is 0.833 bits per heavy atom. The van der Waals surface area contributed by atoms with Crippen LogP contribution in [-0.2, 0) is 13.0 Å². The zero-order chi connectivity index (χ0) is 12.5. The Bertz CT molecular complexity index is 593. The lowest BCUT2D eigenvalue weighted by Gasteiger charge is -2.21. The van der Waals surface area contributed by atoms with Gasteiger partial charge in [0.25, 0.3) is 0 Å². The number of rotatable bonds is 1. The van der Waals surface area contributed by atoms with Crippen LogP contribution >= 0.6 is 0 Å². The van der Waals surface area contributed by atoms with Crippen LogP contribution in [0.2, 0.25) is 0 Å². The van der Waals surface area contributed by atoms with Crippen LogP contribution in [0.4, 0.5) is 8.78 Å². The molecule has 0 aliphatic carbocycles. The average molecular weight is 245 g/mol. The summed E-state index contributed by atoms with van der Waals surface area (Å²) in [6.45, 7) is 1.36. The van der Waals surface area contributed by atoms with Crippen molar-refractivity contribution < 1.29 is 8.78 Å². The van der Waals surface area contributed by atoms with E-state index in [0.29, 0.717) is 18.5 Å². The van der Waals surface area contributed by atoms with Gasteiger partial charge in [0, 0.05) is 12.1 Å². The molecule has 1 aliphatic rings. The third-order valence-electron chi connectivity index (χ3n) is 3.39. The fraction of sp³-hybridized carbons (Fsp3) is 0.200. The summed E-state index contributed by atoms with van der Waals surface area (Å²) in [5, 5.41) is 3.21. The van der Waals surface area contributed by atoms with E-state index in [0.717, 1.165) is 23.2 Å². The van der Waals surface area contributed by atoms with Gasteiger partial charge in [-0.3, -0.25) is 0 Å². The highest BCUT2D eigenvalue weighted by Gasteiger charge is 2.18. The Labute approximate surface area is 104 Å². The van der Waals surface area contributed by atoms with Crippen molar-refractivity contribution in [3.63, 3.8) is 0 Å². The molecule has 0 atom stereocenters. The van der Waals surface area contributed by atoms with E-state index in [1.165, 1.54) is 12.1 Å². The molecule has 0 amide bonds. The van der Waals surface area contributed by atoms with Gasteiger partial charge in [-0.25, -0.2) is 8.78 Å². The monoisotopic (exact) mass is 245 g/mol. The lowest BCUT2D eigenvalue weighted by molar-refractivity contribution is 0.569. The SMILES string of the molecule is Fc1ccccc1-c1ccc(F)c2c1CNCC2. The molecular formula is C15H13F2N. The van der Waals surface area contributed by atoms with Crippen LogP contribution in [0.1, 0.15) is 11.1 Å². The van der Waals surface area contributed by atoms with Crippen LogP contribution in [0.3, 0.4) is 0 Å². The number of hydrogen-bond acceptors (Lipinski definition) is 1. The van der Waals surface area contributed by atoms with Crippen molar-refractivity contribution in [2.75, 3.05) is 6.54 Å². The molecule has 3 heteroatoms. The van der Waals surface area contributed by atoms with Gasteiger partial charge >= 0.3 is 0 Å². The number of fused-ring (bicyclic) bond motifs is 1. The summed E-state index contributed by atoms with van der Waals surface area (Å²) < 4.78 is 27.6. The molecule has 2 aromatic rings. The van der Waals surface area contributed by atoms with Crippen LogP contribution in [0, 0.1) is 11.6 Å². The molecule has 0 unspecified atom stereocenters. The van der Waals surface area contributed by atoms with Crippen molar-refractivity contribution in [3.8, 4) is 11.1 Å². The van der Waals surface area contributed by atoms with Crippen LogP contribution in [0.25, 0.3) is 11.1 Å². The van der Waals surface area contributed by atoms with Crippen LogP contribution in [0.15, 0.2) is 36.4 Å². The summed E-state index contributed by atoms with van der Waals surface area (Å²) in [7, 11) is 0. The molecule has 1 heterocycles. The summed E-state index contributed by atoms with van der Waals surface area (Å²) in [6, 6.07) is 9.72. The van der Waals surface area contributed by atoms with Crippen molar-refractivity contribution in [3.05, 3.63) is 59.2 Å². The highest BCUT2D eigenvalue weighted by molar-refractivity contribution is 5.69. The first-order valence-electron chi connectivity index (χ1n) is 6.03. The maximum absolute atomic E-state index is 13.8. The molecule has 18 heavy (non-hydrogen) atoms. The van der Waals surface area contributed by atoms with E-state index in [-0.39, 0.29) is 11.6 Å². The van der Waals surface area contributed by atoms with Gasteiger partial charge in [-0.2, -0.15) is 0 Å². The third-order valence-corrected chi connectivity index (χ3v) is 3.39. The molecule has 0 saturated heterocycles. The highest BCUT2D eigenvalue weighted by atomic mass is 19.1. The molecular weight excluding hydrogens is 232 g/mol. The summed E-state index contributed by atoms with van der Waals surface area (Å²) in [5.74, 6) is -0.455. The average Bonchev–Trinajstić information content (AvgIpc) is 2.41. The van der Waals surface area contributed by atoms with Crippen molar-refractivity contribution >= 4 is 0 Å². The largest absolute Gasteiger partial charge is 0.312 e. The smallest absolute Gasteiger partial charge is 0.131 e. The predicted octanol–water partition coefficient (Wildman–Crippen LogP) is 3.28. The normalized spacial score (nSPS) is 14.3. The molecule has 0 fully saturated rings. The fourth-order valence-corrected chi connectivity index (χ4v) is 2.50. The summed E-state index contributed by atoms with van der Waals surface area (Å²) >= 11 is 0. The maximum atomic E-state index is 13.8. The lowest BCUT2D eigenvalue weighted by atomic mass is 9.91. The molecule has 2 aromatic carbocycles. The van der Waals surface area contributed by atoms with E-state index < -0.39 is 0 Å². The van der Waals surface area contributed by atoms with Crippen LogP contribution in [-0.4, -0.2) is 6.54 Å². The maximum Gasteiger partial charge on any atom is 0.131 e. The van der Waals surface area contributed by atoms with Crippen molar-refractivity contribution in [2.24, 2.45) is 0 Å². The van der Waals surface area contributed by atoms with Gasteiger partial charge in [-0.1, -0.05) is 24.3 Å². The van der Waals surface area contributed by atoms with Gasteiger partial charge < -0.3 is 5.32 Å². The first-order valence-corrected chi connectivity index (χ1v) is 6.03. The molecule has 0 bridgehead atoms. The molecule has 0 aromatic heterocycles. The molecule has 0 spiro atoms. The Balaban J connectivity index is 2.22. The second-order valence-corrected chi connectivity index (χ2v) is 4.46. The van der Waals surface area contributed by atoms with Gasteiger partial charge in [0.2, 0.25) is 0 Å². The van der Waals surface area contributed by atoms with Gasteiger partial charge in [-0.05, 0) is 41.8 Å². The van der Waals surface area contributed by atoms with E-state index in [9.17, 15) is 8.78 Å². The quantitative estimate of drug-likeness (QED) is 0.813. The Morgan fingerprint density at radius 3 is 2.50 bits per heavy atom. The first kappa shape index (κ1) is 11.4. The number of nitrogens with one attached hydrogen (secondary N) is 1. The van der Waals surface area contributed by atoms with Crippen LogP contribution < -0.4 is 5.32 Å². The van der Waals surface area contributed by atoms with Gasteiger partial charge in [-0.15, -0.1) is 0 Å². The standard InChI is InChI=1S/C15H13F2N/c16-14-4-2-1-3-11(14)10-5-6-15(17)12-7-8-18-9-13(10)12/h1-6,18H,7-9H2. The molecule has 3 rings (SSSR count). The molecule has 0 radical (unpaired) electrons. The Kier molecular flexibility index (Phi) is 2.84. The number of hydrogen-bond donors (Lipinski definition) is 1. The first-order chi connectivity index (χ1) is 8.77.